The third-order valence-electron chi connectivity index (χ3n) is 22.7. The van der Waals surface area contributed by atoms with Gasteiger partial charge in [0.15, 0.2) is 0 Å². The lowest BCUT2D eigenvalue weighted by Crippen LogP contribution is -2.25. The Morgan fingerprint density at radius 1 is 0.141 bits per heavy atom. The summed E-state index contributed by atoms with van der Waals surface area (Å²) in [6, 6.07) is 0. The van der Waals surface area contributed by atoms with E-state index in [0.29, 0.717) is 130 Å². The number of methoxy groups -OCH3 is 6. The molecule has 0 aliphatic carbocycles. The van der Waals surface area contributed by atoms with Gasteiger partial charge in [0, 0.05) is 212 Å². The Hall–Kier alpha value is -4.56. The van der Waals surface area contributed by atoms with Crippen molar-refractivity contribution in [1.82, 2.24) is 42.5 Å². The summed E-state index contributed by atoms with van der Waals surface area (Å²) >= 11 is 0. The zero-order valence-electron chi connectivity index (χ0n) is 84.8. The van der Waals surface area contributed by atoms with Crippen LogP contribution in [0.4, 0.5) is 0 Å². The standard InChI is InChI=1S/C40H80N2O4.C26H52N2O4.C20H40N2O4.C18H36N2O4/c1-3-5-7-9-11-13-15-19-23-27-35-45-37-29-33-41-39(43)31-25-21-17-18-22-26-32-40(44)42-34-30-38-46-36-28-24-20-16-14-12-10-8-6-4-2;1-31-23-17-21-27-25(29)19-15-13-11-9-7-5-3-4-6-8-10-12-14-16-20-26(30)28-22-18-24-32-2;1-25-17-11-15-21-19(23)13-9-7-5-3-4-6-8-10-14-20(24)22-16-12-18-26-2;1-23-15-9-13-19-17(21)11-7-5-3-4-6-8-12-18(22)20-14-10-16-24-2/h3-38H2,1-2H3,(H,41,43)(H,42,44);3-24H2,1-2H3,(H,27,29)(H,28,30);3-18H2,1-2H3,(H,21,23)(H,22,24);3-16H2,1-2H3,(H,19,21)(H,20,22). The first-order chi connectivity index (χ1) is 62.8. The number of hydrogen-bond donors (Lipinski definition) is 8. The minimum Gasteiger partial charge on any atom is -0.385 e. The van der Waals surface area contributed by atoms with Crippen molar-refractivity contribution in [2.24, 2.45) is 0 Å². The van der Waals surface area contributed by atoms with Gasteiger partial charge in [-0.05, 0) is 116 Å². The number of carbonyl (C=O) groups excluding carboxylic acids is 8. The molecule has 128 heavy (non-hydrogen) atoms. The summed E-state index contributed by atoms with van der Waals surface area (Å²) in [7, 11) is 10.0. The number of ether oxygens (including phenoxy) is 8. The van der Waals surface area contributed by atoms with Crippen LogP contribution in [0.5, 0.6) is 0 Å². The van der Waals surface area contributed by atoms with Crippen LogP contribution in [-0.2, 0) is 76.3 Å². The van der Waals surface area contributed by atoms with Crippen LogP contribution in [-0.4, -0.2) is 208 Å². The molecule has 0 spiro atoms. The summed E-state index contributed by atoms with van der Waals surface area (Å²) in [4.78, 5) is 93.6. The maximum Gasteiger partial charge on any atom is 0.219 e. The molecule has 8 N–H and O–H groups in total. The molecule has 8 amide bonds. The normalized spacial score (nSPS) is 10.9. The predicted octanol–water partition coefficient (Wildman–Crippen LogP) is 22.1. The van der Waals surface area contributed by atoms with E-state index in [0.717, 1.165) is 219 Å². The molecule has 0 saturated heterocycles. The Labute approximate surface area is 786 Å². The highest BCUT2D eigenvalue weighted by Gasteiger charge is 2.10. The molecule has 24 nitrogen and oxygen atoms in total. The fourth-order valence-corrected chi connectivity index (χ4v) is 14.6. The second-order valence-corrected chi connectivity index (χ2v) is 35.2. The van der Waals surface area contributed by atoms with Crippen LogP contribution in [0, 0.1) is 0 Å². The number of nitrogens with one attached hydrogen (secondary N) is 8. The van der Waals surface area contributed by atoms with Gasteiger partial charge in [0.05, 0.1) is 0 Å². The summed E-state index contributed by atoms with van der Waals surface area (Å²) in [6.07, 6.45) is 78.2. The summed E-state index contributed by atoms with van der Waals surface area (Å²) in [5, 5.41) is 23.6. The van der Waals surface area contributed by atoms with Gasteiger partial charge in [-0.1, -0.05) is 296 Å². The fourth-order valence-electron chi connectivity index (χ4n) is 14.6. The summed E-state index contributed by atoms with van der Waals surface area (Å²) < 4.78 is 41.1. The molecule has 0 atom stereocenters. The summed E-state index contributed by atoms with van der Waals surface area (Å²) in [5.74, 6) is 1.27. The quantitative estimate of drug-likeness (QED) is 0.0262. The maximum atomic E-state index is 12.0. The molecule has 0 bridgehead atoms. The lowest BCUT2D eigenvalue weighted by molar-refractivity contribution is -0.122. The Morgan fingerprint density at radius 3 is 0.383 bits per heavy atom. The zero-order valence-corrected chi connectivity index (χ0v) is 84.8. The number of unbranched alkanes of at least 4 members (excludes halogenated alkanes) is 48. The molecule has 24 heteroatoms. The smallest absolute Gasteiger partial charge is 0.219 e. The van der Waals surface area contributed by atoms with E-state index < -0.39 is 0 Å². The van der Waals surface area contributed by atoms with E-state index in [1.807, 2.05) is 0 Å². The number of hydrogen-bond acceptors (Lipinski definition) is 16. The molecule has 0 fully saturated rings. The topological polar surface area (TPSA) is 307 Å². The minimum absolute atomic E-state index is 0.135. The van der Waals surface area contributed by atoms with Gasteiger partial charge in [0.25, 0.3) is 0 Å². The number of rotatable bonds is 100. The second kappa shape index (κ2) is 119. The van der Waals surface area contributed by atoms with Crippen LogP contribution in [0.1, 0.15) is 463 Å². The molecule has 0 heterocycles. The van der Waals surface area contributed by atoms with Crippen molar-refractivity contribution in [3.8, 4) is 0 Å². The van der Waals surface area contributed by atoms with E-state index in [1.165, 1.54) is 218 Å². The van der Waals surface area contributed by atoms with Crippen molar-refractivity contribution in [2.75, 3.05) is 161 Å². The van der Waals surface area contributed by atoms with Gasteiger partial charge in [-0.2, -0.15) is 0 Å². The van der Waals surface area contributed by atoms with E-state index in [2.05, 4.69) is 56.4 Å². The van der Waals surface area contributed by atoms with Crippen LogP contribution in [0.2, 0.25) is 0 Å². The second-order valence-electron chi connectivity index (χ2n) is 35.2. The maximum absolute atomic E-state index is 12.0. The molecule has 0 saturated carbocycles. The molecule has 0 aliphatic heterocycles. The monoisotopic (exact) mass is 1830 g/mol. The van der Waals surface area contributed by atoms with Gasteiger partial charge in [-0.15, -0.1) is 0 Å². The highest BCUT2D eigenvalue weighted by atomic mass is 16.5. The van der Waals surface area contributed by atoms with E-state index >= 15 is 0 Å². The van der Waals surface area contributed by atoms with Gasteiger partial charge in [0.2, 0.25) is 47.3 Å². The first kappa shape index (κ1) is 130. The minimum atomic E-state index is 0.135. The van der Waals surface area contributed by atoms with E-state index in [4.69, 9.17) is 37.9 Å². The van der Waals surface area contributed by atoms with Crippen LogP contribution >= 0.6 is 0 Å². The predicted molar refractivity (Wildman–Crippen MR) is 532 cm³/mol. The molecular weight excluding hydrogens is 1620 g/mol. The highest BCUT2D eigenvalue weighted by Crippen LogP contribution is 2.18. The van der Waals surface area contributed by atoms with Crippen molar-refractivity contribution in [3.63, 3.8) is 0 Å². The van der Waals surface area contributed by atoms with Crippen molar-refractivity contribution in [1.29, 1.82) is 0 Å². The van der Waals surface area contributed by atoms with Crippen LogP contribution in [0.3, 0.4) is 0 Å². The van der Waals surface area contributed by atoms with E-state index in [-0.39, 0.29) is 47.3 Å². The summed E-state index contributed by atoms with van der Waals surface area (Å²) in [6.45, 7) is 17.6. The summed E-state index contributed by atoms with van der Waals surface area (Å²) in [5.41, 5.74) is 0. The van der Waals surface area contributed by atoms with E-state index in [9.17, 15) is 38.4 Å². The largest absolute Gasteiger partial charge is 0.385 e. The Kier molecular flexibility index (Phi) is 120. The molecule has 0 aromatic heterocycles. The molecular formula is C104H208N8O16. The van der Waals surface area contributed by atoms with E-state index in [1.54, 1.807) is 42.7 Å². The molecule has 760 valence electrons. The Balaban J connectivity index is -0.000000830. The van der Waals surface area contributed by atoms with Crippen LogP contribution < -0.4 is 42.5 Å². The molecule has 0 unspecified atom stereocenters. The molecule has 0 aromatic carbocycles. The third-order valence-corrected chi connectivity index (χ3v) is 22.7. The van der Waals surface area contributed by atoms with Crippen molar-refractivity contribution < 1.29 is 76.3 Å². The van der Waals surface area contributed by atoms with Gasteiger partial charge in [-0.3, -0.25) is 38.4 Å². The fraction of sp³-hybridized carbons (Fsp3) is 0.923. The lowest BCUT2D eigenvalue weighted by atomic mass is 10.0. The van der Waals surface area contributed by atoms with Crippen LogP contribution in [0.15, 0.2) is 0 Å². The lowest BCUT2D eigenvalue weighted by Gasteiger charge is -2.07. The zero-order chi connectivity index (χ0) is 94.2. The molecule has 0 aromatic rings. The van der Waals surface area contributed by atoms with Gasteiger partial charge >= 0.3 is 0 Å². The Bertz CT molecular complexity index is 2130. The highest BCUT2D eigenvalue weighted by molar-refractivity contribution is 5.78. The number of carbonyl (C=O) groups is 8. The van der Waals surface area contributed by atoms with Gasteiger partial charge < -0.3 is 80.4 Å². The average molecular weight is 1830 g/mol. The van der Waals surface area contributed by atoms with Crippen molar-refractivity contribution >= 4 is 47.3 Å². The Morgan fingerprint density at radius 2 is 0.250 bits per heavy atom. The first-order valence-corrected chi connectivity index (χ1v) is 53.0. The molecule has 0 radical (unpaired) electrons. The van der Waals surface area contributed by atoms with Crippen LogP contribution in [0.25, 0.3) is 0 Å². The SMILES string of the molecule is CCCCCCCCCCCCOCCCNC(=O)CCCCCCCCC(=O)NCCCOCCCCCCCCCCCC.COCCCNC(=O)CCCCCCCCC(=O)NCCCOC.COCCCNC(=O)CCCCCCCCCCC(=O)NCCCOC.COCCCNC(=O)CCCCCCCCCCCCCCCCC(=O)NCCCOC. The third kappa shape index (κ3) is 123. The number of amides is 8. The van der Waals surface area contributed by atoms with Crippen molar-refractivity contribution in [2.45, 2.75) is 463 Å². The average Bonchev–Trinajstić information content (AvgIpc) is 1.09. The van der Waals surface area contributed by atoms with Gasteiger partial charge in [0.1, 0.15) is 0 Å². The van der Waals surface area contributed by atoms with Crippen molar-refractivity contribution in [3.05, 3.63) is 0 Å². The molecule has 0 aliphatic rings. The first-order valence-electron chi connectivity index (χ1n) is 53.0. The molecule has 0 rings (SSSR count). The van der Waals surface area contributed by atoms with Gasteiger partial charge in [-0.25, -0.2) is 0 Å².